The lowest BCUT2D eigenvalue weighted by molar-refractivity contribution is 0.187. The van der Waals surface area contributed by atoms with Gasteiger partial charge in [-0.3, -0.25) is 0 Å². The molecule has 1 saturated heterocycles. The summed E-state index contributed by atoms with van der Waals surface area (Å²) in [7, 11) is 1.70. The molecule has 2 aromatic rings. The minimum absolute atomic E-state index is 0.262. The zero-order valence-corrected chi connectivity index (χ0v) is 13.1. The SMILES string of the molecule is COCc1cc(-c2cnc(N3CC[C@@H](O)C3)nc2C)cs1. The Bertz CT molecular complexity index is 629. The number of aliphatic hydroxyl groups is 1. The van der Waals surface area contributed by atoms with Gasteiger partial charge in [-0.1, -0.05) is 0 Å². The Kier molecular flexibility index (Phi) is 4.19. The quantitative estimate of drug-likeness (QED) is 0.938. The molecule has 0 aliphatic carbocycles. The summed E-state index contributed by atoms with van der Waals surface area (Å²) in [6.45, 7) is 4.07. The van der Waals surface area contributed by atoms with E-state index in [9.17, 15) is 5.11 Å². The van der Waals surface area contributed by atoms with Crippen molar-refractivity contribution in [3.05, 3.63) is 28.2 Å². The summed E-state index contributed by atoms with van der Waals surface area (Å²) in [5.41, 5.74) is 3.15. The summed E-state index contributed by atoms with van der Waals surface area (Å²) < 4.78 is 5.15. The molecule has 5 nitrogen and oxygen atoms in total. The summed E-state index contributed by atoms with van der Waals surface area (Å²) in [5.74, 6) is 0.708. The van der Waals surface area contributed by atoms with Crippen molar-refractivity contribution in [2.24, 2.45) is 0 Å². The van der Waals surface area contributed by atoms with E-state index in [0.29, 0.717) is 19.1 Å². The first-order chi connectivity index (χ1) is 10.2. The predicted octanol–water partition coefficient (Wildman–Crippen LogP) is 2.23. The van der Waals surface area contributed by atoms with Gasteiger partial charge in [0.2, 0.25) is 5.95 Å². The fourth-order valence-corrected chi connectivity index (χ4v) is 3.41. The van der Waals surface area contributed by atoms with E-state index in [0.717, 1.165) is 29.8 Å². The van der Waals surface area contributed by atoms with Crippen molar-refractivity contribution in [2.75, 3.05) is 25.1 Å². The number of aryl methyl sites for hydroxylation is 1. The molecule has 2 aromatic heterocycles. The third-order valence-corrected chi connectivity index (χ3v) is 4.57. The van der Waals surface area contributed by atoms with Crippen LogP contribution in [0.4, 0.5) is 5.95 Å². The topological polar surface area (TPSA) is 58.5 Å². The molecule has 0 aromatic carbocycles. The van der Waals surface area contributed by atoms with E-state index >= 15 is 0 Å². The van der Waals surface area contributed by atoms with Gasteiger partial charge in [0, 0.05) is 36.8 Å². The van der Waals surface area contributed by atoms with Crippen LogP contribution in [0.5, 0.6) is 0 Å². The van der Waals surface area contributed by atoms with Crippen molar-refractivity contribution in [2.45, 2.75) is 26.1 Å². The molecule has 0 unspecified atom stereocenters. The molecule has 0 bridgehead atoms. The van der Waals surface area contributed by atoms with Crippen LogP contribution in [0.2, 0.25) is 0 Å². The van der Waals surface area contributed by atoms with E-state index in [-0.39, 0.29) is 6.10 Å². The van der Waals surface area contributed by atoms with Gasteiger partial charge >= 0.3 is 0 Å². The molecule has 21 heavy (non-hydrogen) atoms. The lowest BCUT2D eigenvalue weighted by Gasteiger charge is -2.16. The third-order valence-electron chi connectivity index (χ3n) is 3.66. The highest BCUT2D eigenvalue weighted by atomic mass is 32.1. The molecular weight excluding hydrogens is 286 g/mol. The van der Waals surface area contributed by atoms with Crippen molar-refractivity contribution in [3.8, 4) is 11.1 Å². The van der Waals surface area contributed by atoms with Gasteiger partial charge in [-0.25, -0.2) is 9.97 Å². The molecule has 0 saturated carbocycles. The number of aliphatic hydroxyl groups excluding tert-OH is 1. The number of rotatable bonds is 4. The van der Waals surface area contributed by atoms with Gasteiger partial charge < -0.3 is 14.7 Å². The van der Waals surface area contributed by atoms with E-state index in [4.69, 9.17) is 4.74 Å². The molecule has 3 rings (SSSR count). The molecule has 0 radical (unpaired) electrons. The largest absolute Gasteiger partial charge is 0.391 e. The maximum atomic E-state index is 9.61. The Morgan fingerprint density at radius 3 is 3.05 bits per heavy atom. The Labute approximate surface area is 128 Å². The first-order valence-electron chi connectivity index (χ1n) is 7.00. The minimum Gasteiger partial charge on any atom is -0.391 e. The van der Waals surface area contributed by atoms with Gasteiger partial charge in [0.05, 0.1) is 18.4 Å². The first-order valence-corrected chi connectivity index (χ1v) is 7.88. The maximum Gasteiger partial charge on any atom is 0.225 e. The van der Waals surface area contributed by atoms with Crippen LogP contribution in [0.1, 0.15) is 17.0 Å². The van der Waals surface area contributed by atoms with Gasteiger partial charge in [0.25, 0.3) is 0 Å². The molecule has 1 aliphatic heterocycles. The number of nitrogens with zero attached hydrogens (tertiary/aromatic N) is 3. The molecule has 0 amide bonds. The highest BCUT2D eigenvalue weighted by Crippen LogP contribution is 2.28. The van der Waals surface area contributed by atoms with Gasteiger partial charge in [0.1, 0.15) is 0 Å². The normalized spacial score (nSPS) is 18.4. The molecular formula is C15H19N3O2S. The fourth-order valence-electron chi connectivity index (χ4n) is 2.55. The average molecular weight is 305 g/mol. The zero-order valence-electron chi connectivity index (χ0n) is 12.2. The average Bonchev–Trinajstić information content (AvgIpc) is 3.08. The van der Waals surface area contributed by atoms with Crippen LogP contribution in [0.15, 0.2) is 17.6 Å². The second-order valence-electron chi connectivity index (χ2n) is 5.29. The van der Waals surface area contributed by atoms with Crippen molar-refractivity contribution in [1.82, 2.24) is 9.97 Å². The highest BCUT2D eigenvalue weighted by molar-refractivity contribution is 7.10. The van der Waals surface area contributed by atoms with Crippen LogP contribution in [0.25, 0.3) is 11.1 Å². The van der Waals surface area contributed by atoms with Gasteiger partial charge in [-0.15, -0.1) is 11.3 Å². The lowest BCUT2D eigenvalue weighted by atomic mass is 10.1. The molecule has 6 heteroatoms. The number of thiophene rings is 1. The van der Waals surface area contributed by atoms with E-state index in [1.807, 2.05) is 18.0 Å². The number of ether oxygens (including phenoxy) is 1. The smallest absolute Gasteiger partial charge is 0.225 e. The number of anilines is 1. The number of β-amino-alcohol motifs (C(OH)–C–C–N with tert-alkyl or cyclic N) is 1. The zero-order chi connectivity index (χ0) is 14.8. The molecule has 1 atom stereocenters. The molecule has 1 fully saturated rings. The van der Waals surface area contributed by atoms with Crippen molar-refractivity contribution >= 4 is 17.3 Å². The van der Waals surface area contributed by atoms with Crippen LogP contribution >= 0.6 is 11.3 Å². The van der Waals surface area contributed by atoms with Crippen molar-refractivity contribution in [1.29, 1.82) is 0 Å². The summed E-state index contributed by atoms with van der Waals surface area (Å²) in [4.78, 5) is 12.3. The third kappa shape index (κ3) is 3.07. The van der Waals surface area contributed by atoms with E-state index in [1.54, 1.807) is 18.4 Å². The molecule has 1 aliphatic rings. The van der Waals surface area contributed by atoms with Gasteiger partial charge in [-0.05, 0) is 30.4 Å². The maximum absolute atomic E-state index is 9.61. The summed E-state index contributed by atoms with van der Waals surface area (Å²) in [6, 6.07) is 2.12. The van der Waals surface area contributed by atoms with Crippen LogP contribution in [0, 0.1) is 6.92 Å². The minimum atomic E-state index is -0.262. The Hall–Kier alpha value is -1.50. The number of hydrogen-bond acceptors (Lipinski definition) is 6. The van der Waals surface area contributed by atoms with E-state index in [2.05, 4.69) is 21.4 Å². The highest BCUT2D eigenvalue weighted by Gasteiger charge is 2.22. The Morgan fingerprint density at radius 1 is 1.52 bits per heavy atom. The van der Waals surface area contributed by atoms with Gasteiger partial charge in [-0.2, -0.15) is 0 Å². The molecule has 1 N–H and O–H groups in total. The first kappa shape index (κ1) is 14.4. The summed E-state index contributed by atoms with van der Waals surface area (Å²) in [5, 5.41) is 11.7. The fraction of sp³-hybridized carbons (Fsp3) is 0.467. The van der Waals surface area contributed by atoms with Crippen LogP contribution < -0.4 is 4.90 Å². The number of hydrogen-bond donors (Lipinski definition) is 1. The summed E-state index contributed by atoms with van der Waals surface area (Å²) in [6.07, 6.45) is 2.40. The monoisotopic (exact) mass is 305 g/mol. The summed E-state index contributed by atoms with van der Waals surface area (Å²) >= 11 is 1.68. The molecule has 112 valence electrons. The second-order valence-corrected chi connectivity index (χ2v) is 6.29. The molecule has 3 heterocycles. The Balaban J connectivity index is 1.83. The second kappa shape index (κ2) is 6.09. The standard InChI is InChI=1S/C15H19N3O2S/c1-10-14(11-5-13(8-20-2)21-9-11)6-16-15(17-10)18-4-3-12(19)7-18/h5-6,9,12,19H,3-4,7-8H2,1-2H3/t12-/m1/s1. The van der Waals surface area contributed by atoms with Crippen LogP contribution in [0.3, 0.4) is 0 Å². The van der Waals surface area contributed by atoms with Crippen LogP contribution in [-0.2, 0) is 11.3 Å². The van der Waals surface area contributed by atoms with Crippen LogP contribution in [-0.4, -0.2) is 41.4 Å². The predicted molar refractivity (Wildman–Crippen MR) is 83.6 cm³/mol. The van der Waals surface area contributed by atoms with Crippen molar-refractivity contribution in [3.63, 3.8) is 0 Å². The van der Waals surface area contributed by atoms with E-state index < -0.39 is 0 Å². The number of aromatic nitrogens is 2. The van der Waals surface area contributed by atoms with Gasteiger partial charge in [0.15, 0.2) is 0 Å². The number of methoxy groups -OCH3 is 1. The lowest BCUT2D eigenvalue weighted by Crippen LogP contribution is -2.23. The Morgan fingerprint density at radius 2 is 2.38 bits per heavy atom. The van der Waals surface area contributed by atoms with Crippen molar-refractivity contribution < 1.29 is 9.84 Å². The van der Waals surface area contributed by atoms with E-state index in [1.165, 1.54) is 4.88 Å². The molecule has 0 spiro atoms.